The lowest BCUT2D eigenvalue weighted by atomic mass is 9.94. The summed E-state index contributed by atoms with van der Waals surface area (Å²) in [5.41, 5.74) is 0.412. The topological polar surface area (TPSA) is 78.9 Å². The minimum atomic E-state index is -1.14. The number of carbonyl (C=O) groups is 3. The van der Waals surface area contributed by atoms with Crippen molar-refractivity contribution in [2.24, 2.45) is 0 Å². The monoisotopic (exact) mass is 320 g/mol. The second-order valence-electron chi connectivity index (χ2n) is 5.39. The molecule has 0 aromatic heterocycles. The Labute approximate surface area is 134 Å². The maximum absolute atomic E-state index is 12.7. The maximum Gasteiger partial charge on any atom is 0.303 e. The van der Waals surface area contributed by atoms with Crippen molar-refractivity contribution in [2.75, 3.05) is 6.61 Å². The summed E-state index contributed by atoms with van der Waals surface area (Å²) in [4.78, 5) is 35.4. The average molecular weight is 320 g/mol. The van der Waals surface area contributed by atoms with Crippen LogP contribution >= 0.6 is 0 Å². The third kappa shape index (κ3) is 4.63. The van der Waals surface area contributed by atoms with Crippen molar-refractivity contribution < 1.29 is 28.6 Å². The number of benzene rings is 1. The number of carbonyl (C=O) groups excluding carboxylic acids is 3. The lowest BCUT2D eigenvalue weighted by molar-refractivity contribution is -0.177. The van der Waals surface area contributed by atoms with Crippen LogP contribution in [-0.4, -0.2) is 42.6 Å². The summed E-state index contributed by atoms with van der Waals surface area (Å²) in [6.07, 6.45) is -1.28. The van der Waals surface area contributed by atoms with Gasteiger partial charge in [0.1, 0.15) is 12.2 Å². The highest BCUT2D eigenvalue weighted by Crippen LogP contribution is 2.24. The van der Waals surface area contributed by atoms with Gasteiger partial charge in [-0.15, -0.1) is 0 Å². The van der Waals surface area contributed by atoms with Crippen LogP contribution in [0.3, 0.4) is 0 Å². The van der Waals surface area contributed by atoms with E-state index in [0.717, 1.165) is 0 Å². The van der Waals surface area contributed by atoms with Crippen molar-refractivity contribution in [3.05, 3.63) is 35.9 Å². The van der Waals surface area contributed by atoms with Gasteiger partial charge in [-0.3, -0.25) is 14.4 Å². The van der Waals surface area contributed by atoms with E-state index in [1.165, 1.54) is 13.8 Å². The van der Waals surface area contributed by atoms with Gasteiger partial charge < -0.3 is 14.2 Å². The van der Waals surface area contributed by atoms with Crippen LogP contribution in [0, 0.1) is 0 Å². The molecular formula is C17H20O6. The van der Waals surface area contributed by atoms with Crippen LogP contribution in [0.25, 0.3) is 0 Å². The Hall–Kier alpha value is -2.21. The lowest BCUT2D eigenvalue weighted by Crippen LogP contribution is -2.50. The zero-order valence-electron chi connectivity index (χ0n) is 13.2. The van der Waals surface area contributed by atoms with Crippen molar-refractivity contribution in [1.82, 2.24) is 0 Å². The summed E-state index contributed by atoms with van der Waals surface area (Å²) in [5, 5.41) is 0. The van der Waals surface area contributed by atoms with E-state index in [4.69, 9.17) is 14.2 Å². The molecule has 0 saturated carbocycles. The van der Waals surface area contributed by atoms with E-state index in [1.54, 1.807) is 30.3 Å². The van der Waals surface area contributed by atoms with Crippen LogP contribution in [0.5, 0.6) is 0 Å². The SMILES string of the molecule is CC(=O)O[C@@H]1CCCO[C@@H]1[C@@H](OC(C)=O)C(=O)c1ccccc1. The van der Waals surface area contributed by atoms with E-state index in [-0.39, 0.29) is 5.78 Å². The highest BCUT2D eigenvalue weighted by molar-refractivity contribution is 6.00. The van der Waals surface area contributed by atoms with Gasteiger partial charge in [0.2, 0.25) is 5.78 Å². The van der Waals surface area contributed by atoms with Gasteiger partial charge in [-0.2, -0.15) is 0 Å². The molecule has 3 atom stereocenters. The molecule has 23 heavy (non-hydrogen) atoms. The molecule has 1 aliphatic rings. The zero-order chi connectivity index (χ0) is 16.8. The van der Waals surface area contributed by atoms with Gasteiger partial charge >= 0.3 is 11.9 Å². The number of ether oxygens (including phenoxy) is 3. The van der Waals surface area contributed by atoms with Crippen LogP contribution in [0.4, 0.5) is 0 Å². The minimum absolute atomic E-state index is 0.371. The van der Waals surface area contributed by atoms with Crippen LogP contribution in [0.1, 0.15) is 37.0 Å². The Morgan fingerprint density at radius 2 is 1.83 bits per heavy atom. The van der Waals surface area contributed by atoms with E-state index in [2.05, 4.69) is 0 Å². The molecule has 6 nitrogen and oxygen atoms in total. The molecule has 0 radical (unpaired) electrons. The van der Waals surface area contributed by atoms with Gasteiger partial charge in [-0.05, 0) is 12.8 Å². The Morgan fingerprint density at radius 3 is 2.43 bits per heavy atom. The number of rotatable bonds is 5. The normalized spacial score (nSPS) is 22.0. The predicted octanol–water partition coefficient (Wildman–Crippen LogP) is 1.91. The first-order chi connectivity index (χ1) is 11.0. The summed E-state index contributed by atoms with van der Waals surface area (Å²) in [6, 6.07) is 8.52. The molecule has 1 heterocycles. The van der Waals surface area contributed by atoms with Crippen LogP contribution in [0.15, 0.2) is 30.3 Å². The van der Waals surface area contributed by atoms with Gasteiger partial charge in [0.25, 0.3) is 0 Å². The summed E-state index contributed by atoms with van der Waals surface area (Å²) >= 11 is 0. The molecule has 6 heteroatoms. The van der Waals surface area contributed by atoms with Crippen molar-refractivity contribution >= 4 is 17.7 Å². The Bertz CT molecular complexity index is 568. The van der Waals surface area contributed by atoms with Crippen LogP contribution in [-0.2, 0) is 23.8 Å². The second kappa shape index (κ2) is 7.87. The van der Waals surface area contributed by atoms with E-state index in [1.807, 2.05) is 0 Å². The zero-order valence-corrected chi connectivity index (χ0v) is 13.2. The first kappa shape index (κ1) is 17.1. The van der Waals surface area contributed by atoms with Crippen molar-refractivity contribution in [3.8, 4) is 0 Å². The Kier molecular flexibility index (Phi) is 5.87. The van der Waals surface area contributed by atoms with Gasteiger partial charge in [-0.1, -0.05) is 30.3 Å². The Balaban J connectivity index is 2.26. The van der Waals surface area contributed by atoms with Crippen molar-refractivity contribution in [3.63, 3.8) is 0 Å². The molecular weight excluding hydrogens is 300 g/mol. The quantitative estimate of drug-likeness (QED) is 0.609. The first-order valence-corrected chi connectivity index (χ1v) is 7.54. The molecule has 0 amide bonds. The Morgan fingerprint density at radius 1 is 1.13 bits per heavy atom. The third-order valence-corrected chi connectivity index (χ3v) is 3.54. The molecule has 0 bridgehead atoms. The average Bonchev–Trinajstić information content (AvgIpc) is 2.53. The molecule has 1 aliphatic heterocycles. The van der Waals surface area contributed by atoms with E-state index < -0.39 is 30.3 Å². The molecule has 124 valence electrons. The van der Waals surface area contributed by atoms with Crippen molar-refractivity contribution in [1.29, 1.82) is 0 Å². The fraction of sp³-hybridized carbons (Fsp3) is 0.471. The lowest BCUT2D eigenvalue weighted by Gasteiger charge is -2.35. The summed E-state index contributed by atoms with van der Waals surface area (Å²) in [6.45, 7) is 2.95. The highest BCUT2D eigenvalue weighted by atomic mass is 16.6. The fourth-order valence-corrected chi connectivity index (χ4v) is 2.61. The maximum atomic E-state index is 12.7. The molecule has 0 spiro atoms. The summed E-state index contributed by atoms with van der Waals surface area (Å²) in [7, 11) is 0. The predicted molar refractivity (Wildman–Crippen MR) is 80.9 cm³/mol. The molecule has 0 N–H and O–H groups in total. The molecule has 0 unspecified atom stereocenters. The molecule has 2 rings (SSSR count). The van der Waals surface area contributed by atoms with Crippen LogP contribution < -0.4 is 0 Å². The summed E-state index contributed by atoms with van der Waals surface area (Å²) < 4.78 is 16.1. The minimum Gasteiger partial charge on any atom is -0.460 e. The smallest absolute Gasteiger partial charge is 0.303 e. The van der Waals surface area contributed by atoms with E-state index in [9.17, 15) is 14.4 Å². The second-order valence-corrected chi connectivity index (χ2v) is 5.39. The van der Waals surface area contributed by atoms with E-state index in [0.29, 0.717) is 25.0 Å². The fourth-order valence-electron chi connectivity index (χ4n) is 2.61. The first-order valence-electron chi connectivity index (χ1n) is 7.54. The van der Waals surface area contributed by atoms with Crippen molar-refractivity contribution in [2.45, 2.75) is 45.0 Å². The summed E-state index contributed by atoms with van der Waals surface area (Å²) in [5.74, 6) is -1.42. The van der Waals surface area contributed by atoms with E-state index >= 15 is 0 Å². The number of esters is 2. The van der Waals surface area contributed by atoms with Gasteiger partial charge in [-0.25, -0.2) is 0 Å². The number of hydrogen-bond acceptors (Lipinski definition) is 6. The van der Waals surface area contributed by atoms with Gasteiger partial charge in [0, 0.05) is 26.0 Å². The third-order valence-electron chi connectivity index (χ3n) is 3.54. The number of Topliss-reactive ketones (excluding diaryl/α,β-unsaturated/α-hetero) is 1. The van der Waals surface area contributed by atoms with Crippen LogP contribution in [0.2, 0.25) is 0 Å². The largest absolute Gasteiger partial charge is 0.460 e. The van der Waals surface area contributed by atoms with Gasteiger partial charge in [0.05, 0.1) is 0 Å². The van der Waals surface area contributed by atoms with Gasteiger partial charge in [0.15, 0.2) is 6.10 Å². The molecule has 1 aromatic rings. The molecule has 1 saturated heterocycles. The molecule has 1 fully saturated rings. The molecule has 0 aliphatic carbocycles. The number of hydrogen-bond donors (Lipinski definition) is 0. The highest BCUT2D eigenvalue weighted by Gasteiger charge is 2.41. The molecule has 1 aromatic carbocycles. The number of ketones is 1. The standard InChI is InChI=1S/C17H20O6/c1-11(18)22-14-9-6-10-21-16(14)17(23-12(2)19)15(20)13-7-4-3-5-8-13/h3-5,7-8,14,16-17H,6,9-10H2,1-2H3/t14-,16+,17+/m1/s1.